The number of rotatable bonds is 5. The van der Waals surface area contributed by atoms with Crippen molar-refractivity contribution in [3.8, 4) is 0 Å². The summed E-state index contributed by atoms with van der Waals surface area (Å²) >= 11 is 3.57. The van der Waals surface area contributed by atoms with E-state index in [1.54, 1.807) is 29.7 Å². The fourth-order valence-corrected chi connectivity index (χ4v) is 4.60. The number of hydrogen-bond donors (Lipinski definition) is 2. The predicted molar refractivity (Wildman–Crippen MR) is 121 cm³/mol. The number of aliphatic imine (C=N–C) groups is 1. The minimum atomic E-state index is 0. The molecule has 0 bridgehead atoms. The molecule has 2 N–H and O–H groups in total. The highest BCUT2D eigenvalue weighted by Crippen LogP contribution is 2.24. The van der Waals surface area contributed by atoms with Crippen LogP contribution in [0, 0.1) is 6.92 Å². The van der Waals surface area contributed by atoms with E-state index in [1.807, 2.05) is 4.90 Å². The Morgan fingerprint density at radius 3 is 2.88 bits per heavy atom. The van der Waals surface area contributed by atoms with Crippen molar-refractivity contribution in [2.45, 2.75) is 32.9 Å². The van der Waals surface area contributed by atoms with E-state index in [2.05, 4.69) is 46.1 Å². The zero-order valence-electron chi connectivity index (χ0n) is 15.1. The van der Waals surface area contributed by atoms with Crippen LogP contribution in [0.5, 0.6) is 0 Å². The standard InChI is InChI=1S/C18H24N4OS2.HI/c1-13-3-4-15(25-13)11-21-18(19-2)20-8-5-17(23)22-9-6-16-14(12-22)7-10-24-16;/h3-4,7,10H,5-6,8-9,11-12H2,1-2H3,(H2,19,20,21);1H. The highest BCUT2D eigenvalue weighted by molar-refractivity contribution is 14.0. The molecule has 0 aliphatic carbocycles. The van der Waals surface area contributed by atoms with E-state index in [0.717, 1.165) is 32.0 Å². The lowest BCUT2D eigenvalue weighted by Gasteiger charge is -2.27. The fourth-order valence-electron chi connectivity index (χ4n) is 2.88. The van der Waals surface area contributed by atoms with Crippen LogP contribution in [0.2, 0.25) is 0 Å². The molecule has 0 aromatic carbocycles. The predicted octanol–water partition coefficient (Wildman–Crippen LogP) is 3.38. The van der Waals surface area contributed by atoms with E-state index in [0.29, 0.717) is 13.0 Å². The van der Waals surface area contributed by atoms with Gasteiger partial charge in [0.25, 0.3) is 0 Å². The van der Waals surface area contributed by atoms with Crippen LogP contribution in [0.25, 0.3) is 0 Å². The van der Waals surface area contributed by atoms with Crippen LogP contribution in [0.4, 0.5) is 0 Å². The Bertz CT molecular complexity index is 756. The highest BCUT2D eigenvalue weighted by Gasteiger charge is 2.20. The van der Waals surface area contributed by atoms with Crippen molar-refractivity contribution in [1.82, 2.24) is 15.5 Å². The summed E-state index contributed by atoms with van der Waals surface area (Å²) in [5.74, 6) is 0.936. The lowest BCUT2D eigenvalue weighted by molar-refractivity contribution is -0.131. The van der Waals surface area contributed by atoms with E-state index < -0.39 is 0 Å². The first-order valence-corrected chi connectivity index (χ1v) is 10.2. The summed E-state index contributed by atoms with van der Waals surface area (Å²) in [7, 11) is 1.75. The SMILES string of the molecule is CN=C(NCCC(=O)N1CCc2sccc2C1)NCc1ccc(C)s1.I. The Balaban J connectivity index is 0.00000243. The summed E-state index contributed by atoms with van der Waals surface area (Å²) in [5.41, 5.74) is 1.31. The maximum absolute atomic E-state index is 12.4. The molecule has 0 saturated heterocycles. The molecule has 2 aromatic heterocycles. The summed E-state index contributed by atoms with van der Waals surface area (Å²) in [6.45, 7) is 5.03. The number of amides is 1. The third-order valence-corrected chi connectivity index (χ3v) is 6.27. The number of nitrogens with one attached hydrogen (secondary N) is 2. The van der Waals surface area contributed by atoms with Crippen molar-refractivity contribution in [3.63, 3.8) is 0 Å². The van der Waals surface area contributed by atoms with Crippen molar-refractivity contribution >= 4 is 58.5 Å². The van der Waals surface area contributed by atoms with Crippen LogP contribution in [-0.4, -0.2) is 36.9 Å². The first-order chi connectivity index (χ1) is 12.2. The van der Waals surface area contributed by atoms with Gasteiger partial charge in [-0.2, -0.15) is 0 Å². The summed E-state index contributed by atoms with van der Waals surface area (Å²) in [6.07, 6.45) is 1.47. The van der Waals surface area contributed by atoms with Gasteiger partial charge in [-0.25, -0.2) is 0 Å². The molecule has 0 saturated carbocycles. The minimum Gasteiger partial charge on any atom is -0.356 e. The van der Waals surface area contributed by atoms with Crippen LogP contribution in [0.1, 0.15) is 26.6 Å². The number of thiophene rings is 2. The first kappa shape index (κ1) is 21.2. The maximum atomic E-state index is 12.4. The molecule has 1 amide bonds. The van der Waals surface area contributed by atoms with Gasteiger partial charge in [-0.05, 0) is 42.5 Å². The van der Waals surface area contributed by atoms with Crippen LogP contribution >= 0.6 is 46.7 Å². The van der Waals surface area contributed by atoms with Gasteiger partial charge in [0.05, 0.1) is 6.54 Å². The number of aryl methyl sites for hydroxylation is 1. The van der Waals surface area contributed by atoms with E-state index in [-0.39, 0.29) is 29.9 Å². The second-order valence-electron chi connectivity index (χ2n) is 6.05. The molecular formula is C18H25IN4OS2. The lowest BCUT2D eigenvalue weighted by atomic mass is 10.1. The molecule has 1 aliphatic heterocycles. The molecule has 142 valence electrons. The van der Waals surface area contributed by atoms with Crippen LogP contribution in [0.3, 0.4) is 0 Å². The normalized spacial score (nSPS) is 13.8. The summed E-state index contributed by atoms with van der Waals surface area (Å²) in [4.78, 5) is 22.6. The zero-order chi connectivity index (χ0) is 17.6. The van der Waals surface area contributed by atoms with Crippen molar-refractivity contribution < 1.29 is 4.79 Å². The van der Waals surface area contributed by atoms with Gasteiger partial charge in [0, 0.05) is 47.7 Å². The maximum Gasteiger partial charge on any atom is 0.224 e. The van der Waals surface area contributed by atoms with Crippen molar-refractivity contribution in [1.29, 1.82) is 0 Å². The average molecular weight is 504 g/mol. The largest absolute Gasteiger partial charge is 0.356 e. The fraction of sp³-hybridized carbons (Fsp3) is 0.444. The van der Waals surface area contributed by atoms with Crippen LogP contribution in [-0.2, 0) is 24.3 Å². The van der Waals surface area contributed by atoms with Gasteiger partial charge in [-0.3, -0.25) is 9.79 Å². The van der Waals surface area contributed by atoms with Crippen molar-refractivity contribution in [2.24, 2.45) is 4.99 Å². The molecule has 3 rings (SSSR count). The molecule has 0 fully saturated rings. The third kappa shape index (κ3) is 5.68. The number of guanidine groups is 1. The molecule has 1 aliphatic rings. The van der Waals surface area contributed by atoms with Crippen LogP contribution < -0.4 is 10.6 Å². The highest BCUT2D eigenvalue weighted by atomic mass is 127. The molecule has 2 aromatic rings. The number of carbonyl (C=O) groups excluding carboxylic acids is 1. The minimum absolute atomic E-state index is 0. The van der Waals surface area contributed by atoms with Gasteiger partial charge < -0.3 is 15.5 Å². The molecule has 5 nitrogen and oxygen atoms in total. The van der Waals surface area contributed by atoms with Gasteiger partial charge in [0.1, 0.15) is 0 Å². The first-order valence-electron chi connectivity index (χ1n) is 8.48. The quantitative estimate of drug-likeness (QED) is 0.373. The molecule has 0 unspecified atom stereocenters. The zero-order valence-corrected chi connectivity index (χ0v) is 19.0. The van der Waals surface area contributed by atoms with E-state index in [4.69, 9.17) is 0 Å². The third-order valence-electron chi connectivity index (χ3n) is 4.24. The topological polar surface area (TPSA) is 56.7 Å². The van der Waals surface area contributed by atoms with Gasteiger partial charge in [-0.1, -0.05) is 0 Å². The summed E-state index contributed by atoms with van der Waals surface area (Å²) in [5, 5.41) is 8.63. The van der Waals surface area contributed by atoms with Gasteiger partial charge >= 0.3 is 0 Å². The number of nitrogens with zero attached hydrogens (tertiary/aromatic N) is 2. The number of carbonyl (C=O) groups is 1. The molecule has 0 radical (unpaired) electrons. The van der Waals surface area contributed by atoms with E-state index in [9.17, 15) is 4.79 Å². The number of halogens is 1. The molecular weight excluding hydrogens is 479 g/mol. The van der Waals surface area contributed by atoms with Gasteiger partial charge in [-0.15, -0.1) is 46.7 Å². The summed E-state index contributed by atoms with van der Waals surface area (Å²) < 4.78 is 0. The average Bonchev–Trinajstić information content (AvgIpc) is 3.25. The Labute approximate surface area is 179 Å². The molecule has 0 atom stereocenters. The second kappa shape index (κ2) is 10.3. The van der Waals surface area contributed by atoms with Gasteiger partial charge in [0.15, 0.2) is 5.96 Å². The second-order valence-corrected chi connectivity index (χ2v) is 8.42. The Morgan fingerprint density at radius 1 is 1.31 bits per heavy atom. The number of fused-ring (bicyclic) bond motifs is 1. The van der Waals surface area contributed by atoms with Gasteiger partial charge in [0.2, 0.25) is 5.91 Å². The number of hydrogen-bond acceptors (Lipinski definition) is 4. The lowest BCUT2D eigenvalue weighted by Crippen LogP contribution is -2.40. The smallest absolute Gasteiger partial charge is 0.224 e. The molecule has 8 heteroatoms. The molecule has 26 heavy (non-hydrogen) atoms. The van der Waals surface area contributed by atoms with E-state index in [1.165, 1.54) is 20.2 Å². The Kier molecular flexibility index (Phi) is 8.36. The molecule has 0 spiro atoms. The van der Waals surface area contributed by atoms with Crippen molar-refractivity contribution in [3.05, 3.63) is 43.8 Å². The molecule has 3 heterocycles. The Hall–Kier alpha value is -1.13. The van der Waals surface area contributed by atoms with Crippen molar-refractivity contribution in [2.75, 3.05) is 20.1 Å². The monoisotopic (exact) mass is 504 g/mol. The summed E-state index contributed by atoms with van der Waals surface area (Å²) in [6, 6.07) is 6.38. The Morgan fingerprint density at radius 2 is 2.15 bits per heavy atom. The van der Waals surface area contributed by atoms with Crippen LogP contribution in [0.15, 0.2) is 28.6 Å². The van der Waals surface area contributed by atoms with E-state index >= 15 is 0 Å².